The molecule has 7 aromatic rings. The number of hydrogen-bond acceptors (Lipinski definition) is 5. The van der Waals surface area contributed by atoms with Gasteiger partial charge in [-0.2, -0.15) is 0 Å². The van der Waals surface area contributed by atoms with Crippen molar-refractivity contribution < 1.29 is 5.11 Å². The minimum Gasteiger partial charge on any atom is -0.508 e. The van der Waals surface area contributed by atoms with Crippen molar-refractivity contribution in [3.63, 3.8) is 0 Å². The van der Waals surface area contributed by atoms with E-state index in [4.69, 9.17) is 0 Å². The van der Waals surface area contributed by atoms with Crippen LogP contribution in [0.3, 0.4) is 0 Å². The van der Waals surface area contributed by atoms with Crippen LogP contribution in [-0.2, 0) is 5.54 Å². The monoisotopic (exact) mass is 597 g/mol. The Balaban J connectivity index is 1.42. The Morgan fingerprint density at radius 2 is 1.20 bits per heavy atom. The molecule has 0 radical (unpaired) electrons. The van der Waals surface area contributed by atoms with Crippen LogP contribution >= 0.6 is 0 Å². The summed E-state index contributed by atoms with van der Waals surface area (Å²) in [5.74, 6) is 0.226. The van der Waals surface area contributed by atoms with Gasteiger partial charge in [0.05, 0.1) is 23.3 Å². The van der Waals surface area contributed by atoms with Crippen molar-refractivity contribution in [3.8, 4) is 17.1 Å². The topological polar surface area (TPSA) is 65.7 Å². The smallest absolute Gasteiger partial charge is 0.137 e. The molecule has 2 N–H and O–H groups in total. The van der Waals surface area contributed by atoms with Crippen LogP contribution in [0.4, 0.5) is 0 Å². The molecule has 1 aliphatic rings. The average molecular weight is 598 g/mol. The fourth-order valence-electron chi connectivity index (χ4n) is 6.69. The molecule has 6 nitrogen and oxygen atoms in total. The van der Waals surface area contributed by atoms with Gasteiger partial charge in [0, 0.05) is 24.5 Å². The molecule has 0 bridgehead atoms. The number of hydrazine groups is 1. The van der Waals surface area contributed by atoms with Crippen LogP contribution in [0.1, 0.15) is 27.8 Å². The first kappa shape index (κ1) is 27.6. The fraction of sp³-hybridized carbons (Fsp3) is 0.0500. The number of nitrogens with one attached hydrogen (secondary N) is 1. The van der Waals surface area contributed by atoms with E-state index in [0.29, 0.717) is 6.54 Å². The van der Waals surface area contributed by atoms with Gasteiger partial charge in [-0.15, -0.1) is 0 Å². The zero-order valence-corrected chi connectivity index (χ0v) is 25.0. The standard InChI is InChI=1S/C40H31N5O/c46-34-22-19-29(20-23-34)39-35(30-21-24-38-42-27-37(44(38)28-30)36-18-10-11-25-41-36)26-43-45(39)40(31-12-4-1-5-13-31,32-14-6-2-7-15-32)33-16-8-3-9-17-33/h1-25,27-28,43,46H,26H2. The van der Waals surface area contributed by atoms with E-state index in [2.05, 4.69) is 134 Å². The average Bonchev–Trinajstić information content (AvgIpc) is 3.76. The van der Waals surface area contributed by atoms with Gasteiger partial charge in [0.25, 0.3) is 0 Å². The van der Waals surface area contributed by atoms with Crippen molar-refractivity contribution in [2.45, 2.75) is 5.54 Å². The summed E-state index contributed by atoms with van der Waals surface area (Å²) >= 11 is 0. The van der Waals surface area contributed by atoms with Crippen molar-refractivity contribution >= 4 is 16.9 Å². The predicted octanol–water partition coefficient (Wildman–Crippen LogP) is 7.78. The molecule has 0 saturated carbocycles. The molecule has 0 saturated heterocycles. The molecular weight excluding hydrogens is 566 g/mol. The van der Waals surface area contributed by atoms with Gasteiger partial charge >= 0.3 is 0 Å². The Bertz CT molecular complexity index is 2050. The van der Waals surface area contributed by atoms with Crippen LogP contribution in [0.15, 0.2) is 164 Å². The van der Waals surface area contributed by atoms with E-state index in [0.717, 1.165) is 56.1 Å². The maximum atomic E-state index is 10.3. The number of pyridine rings is 2. The molecule has 8 rings (SSSR count). The number of imidazole rings is 1. The normalized spacial score (nSPS) is 13.4. The number of rotatable bonds is 7. The largest absolute Gasteiger partial charge is 0.508 e. The third-order valence-corrected chi connectivity index (χ3v) is 8.76. The number of aromatic hydroxyl groups is 1. The van der Waals surface area contributed by atoms with E-state index < -0.39 is 5.54 Å². The summed E-state index contributed by atoms with van der Waals surface area (Å²) in [6.45, 7) is 0.587. The van der Waals surface area contributed by atoms with E-state index in [1.807, 2.05) is 36.5 Å². The lowest BCUT2D eigenvalue weighted by atomic mass is 9.76. The molecule has 0 unspecified atom stereocenters. The third-order valence-electron chi connectivity index (χ3n) is 8.76. The molecule has 222 valence electrons. The molecule has 0 aliphatic carbocycles. The maximum absolute atomic E-state index is 10.3. The molecular formula is C40H31N5O. The maximum Gasteiger partial charge on any atom is 0.137 e. The zero-order chi connectivity index (χ0) is 30.9. The first-order valence-corrected chi connectivity index (χ1v) is 15.4. The SMILES string of the molecule is Oc1ccc(C2=C(c3ccc4ncc(-c5ccccn5)n4c3)CNN2C(c2ccccc2)(c2ccccc2)c2ccccc2)cc1. The number of fused-ring (bicyclic) bond motifs is 1. The second kappa shape index (κ2) is 11.5. The molecule has 0 amide bonds. The van der Waals surface area contributed by atoms with Gasteiger partial charge in [-0.25, -0.2) is 10.4 Å². The highest BCUT2D eigenvalue weighted by Crippen LogP contribution is 2.48. The molecule has 6 heteroatoms. The summed E-state index contributed by atoms with van der Waals surface area (Å²) in [5, 5.41) is 12.6. The lowest BCUT2D eigenvalue weighted by molar-refractivity contribution is 0.194. The van der Waals surface area contributed by atoms with Gasteiger partial charge in [0.2, 0.25) is 0 Å². The van der Waals surface area contributed by atoms with Crippen LogP contribution in [0.5, 0.6) is 5.75 Å². The summed E-state index contributed by atoms with van der Waals surface area (Å²) in [5.41, 5.74) is 13.3. The molecule has 1 aliphatic heterocycles. The summed E-state index contributed by atoms with van der Waals surface area (Å²) in [6, 6.07) is 49.6. The number of benzene rings is 4. The number of phenolic OH excluding ortho intramolecular Hbond substituents is 1. The van der Waals surface area contributed by atoms with Gasteiger partial charge in [0.1, 0.15) is 16.9 Å². The Morgan fingerprint density at radius 1 is 0.609 bits per heavy atom. The second-order valence-corrected chi connectivity index (χ2v) is 11.4. The lowest BCUT2D eigenvalue weighted by Crippen LogP contribution is -2.51. The highest BCUT2D eigenvalue weighted by Gasteiger charge is 2.46. The molecule has 0 spiro atoms. The van der Waals surface area contributed by atoms with Gasteiger partial charge in [-0.3, -0.25) is 14.4 Å². The minimum absolute atomic E-state index is 0.226. The van der Waals surface area contributed by atoms with E-state index >= 15 is 0 Å². The molecule has 46 heavy (non-hydrogen) atoms. The third kappa shape index (κ3) is 4.55. The van der Waals surface area contributed by atoms with E-state index in [-0.39, 0.29) is 5.75 Å². The fourth-order valence-corrected chi connectivity index (χ4v) is 6.69. The Morgan fingerprint density at radius 3 is 1.78 bits per heavy atom. The van der Waals surface area contributed by atoms with Crippen molar-refractivity contribution in [1.29, 1.82) is 0 Å². The van der Waals surface area contributed by atoms with Gasteiger partial charge in [0.15, 0.2) is 0 Å². The minimum atomic E-state index is -0.739. The second-order valence-electron chi connectivity index (χ2n) is 11.4. The number of aromatic nitrogens is 3. The van der Waals surface area contributed by atoms with E-state index in [9.17, 15) is 5.11 Å². The first-order chi connectivity index (χ1) is 22.7. The van der Waals surface area contributed by atoms with Crippen LogP contribution in [0.25, 0.3) is 28.3 Å². The quantitative estimate of drug-likeness (QED) is 0.184. The van der Waals surface area contributed by atoms with Crippen molar-refractivity contribution in [3.05, 3.63) is 192 Å². The highest BCUT2D eigenvalue weighted by atomic mass is 16.3. The van der Waals surface area contributed by atoms with Crippen LogP contribution in [-0.4, -0.2) is 31.0 Å². The van der Waals surface area contributed by atoms with Crippen LogP contribution < -0.4 is 5.43 Å². The van der Waals surface area contributed by atoms with Crippen LogP contribution in [0.2, 0.25) is 0 Å². The summed E-state index contributed by atoms with van der Waals surface area (Å²) in [7, 11) is 0. The zero-order valence-electron chi connectivity index (χ0n) is 25.0. The molecule has 3 aromatic heterocycles. The first-order valence-electron chi connectivity index (χ1n) is 15.4. The summed E-state index contributed by atoms with van der Waals surface area (Å²) < 4.78 is 2.11. The van der Waals surface area contributed by atoms with Gasteiger partial charge in [-0.1, -0.05) is 97.1 Å². The number of hydrogen-bond donors (Lipinski definition) is 2. The lowest BCUT2D eigenvalue weighted by Gasteiger charge is -2.45. The van der Waals surface area contributed by atoms with Crippen molar-refractivity contribution in [1.82, 2.24) is 24.8 Å². The molecule has 4 heterocycles. The number of nitrogens with zero attached hydrogens (tertiary/aromatic N) is 4. The van der Waals surface area contributed by atoms with Crippen molar-refractivity contribution in [2.24, 2.45) is 0 Å². The highest BCUT2D eigenvalue weighted by molar-refractivity contribution is 5.93. The predicted molar refractivity (Wildman–Crippen MR) is 182 cm³/mol. The molecule has 0 fully saturated rings. The summed E-state index contributed by atoms with van der Waals surface area (Å²) in [4.78, 5) is 9.27. The summed E-state index contributed by atoms with van der Waals surface area (Å²) in [6.07, 6.45) is 5.84. The molecule has 4 aromatic carbocycles. The Labute approximate surface area is 267 Å². The van der Waals surface area contributed by atoms with Gasteiger partial charge in [-0.05, 0) is 76.3 Å². The van der Waals surface area contributed by atoms with Gasteiger partial charge < -0.3 is 5.11 Å². The molecule has 0 atom stereocenters. The Hall–Kier alpha value is -5.98. The number of phenols is 1. The van der Waals surface area contributed by atoms with Crippen LogP contribution in [0, 0.1) is 0 Å². The van der Waals surface area contributed by atoms with Crippen molar-refractivity contribution in [2.75, 3.05) is 6.54 Å². The van der Waals surface area contributed by atoms with E-state index in [1.165, 1.54) is 0 Å². The Kier molecular flexibility index (Phi) is 6.89. The van der Waals surface area contributed by atoms with E-state index in [1.54, 1.807) is 18.3 Å².